The minimum Gasteiger partial charge on any atom is -0.476 e. The van der Waals surface area contributed by atoms with E-state index in [9.17, 15) is 14.3 Å². The van der Waals surface area contributed by atoms with E-state index in [1.807, 2.05) is 0 Å². The maximum absolute atomic E-state index is 13.2. The molecule has 0 saturated heterocycles. The fourth-order valence-corrected chi connectivity index (χ4v) is 1.99. The molecule has 100 valence electrons. The summed E-state index contributed by atoms with van der Waals surface area (Å²) in [6.07, 6.45) is 1.61. The number of nitrogens with zero attached hydrogens (tertiary/aromatic N) is 2. The molecule has 0 unspecified atom stereocenters. The van der Waals surface area contributed by atoms with Crippen LogP contribution in [0.1, 0.15) is 10.5 Å². The normalized spacial score (nSPS) is 10.7. The van der Waals surface area contributed by atoms with Crippen molar-refractivity contribution in [2.24, 2.45) is 0 Å². The number of hydrogen-bond acceptors (Lipinski definition) is 3. The summed E-state index contributed by atoms with van der Waals surface area (Å²) in [5, 5.41) is 12.1. The average Bonchev–Trinajstić information content (AvgIpc) is 2.76. The highest BCUT2D eigenvalue weighted by Gasteiger charge is 2.18. The van der Waals surface area contributed by atoms with Crippen molar-refractivity contribution in [3.63, 3.8) is 0 Å². The molecular weight excluding hydrogens is 261 g/mol. The van der Waals surface area contributed by atoms with Crippen LogP contribution in [0.4, 0.5) is 15.9 Å². The van der Waals surface area contributed by atoms with E-state index >= 15 is 0 Å². The van der Waals surface area contributed by atoms with Crippen LogP contribution < -0.4 is 5.32 Å². The third-order valence-electron chi connectivity index (χ3n) is 2.82. The first-order valence-electron chi connectivity index (χ1n) is 5.88. The predicted molar refractivity (Wildman–Crippen MR) is 71.8 cm³/mol. The fraction of sp³-hybridized carbons (Fsp3) is 0. The Morgan fingerprint density at radius 1 is 1.25 bits per heavy atom. The monoisotopic (exact) mass is 271 g/mol. The lowest BCUT2D eigenvalue weighted by molar-refractivity contribution is 0.0690. The molecule has 0 aliphatic carbocycles. The Hall–Kier alpha value is -2.89. The average molecular weight is 271 g/mol. The molecule has 0 aliphatic heterocycles. The van der Waals surface area contributed by atoms with Crippen LogP contribution in [0.2, 0.25) is 0 Å². The molecule has 0 spiro atoms. The number of aromatic carboxylic acids is 1. The molecular formula is C14H10FN3O2. The maximum Gasteiger partial charge on any atom is 0.356 e. The first-order valence-corrected chi connectivity index (χ1v) is 5.88. The zero-order chi connectivity index (χ0) is 14.1. The van der Waals surface area contributed by atoms with Gasteiger partial charge in [0, 0.05) is 11.9 Å². The number of anilines is 2. The van der Waals surface area contributed by atoms with Crippen molar-refractivity contribution < 1.29 is 14.3 Å². The molecule has 1 aromatic carbocycles. The van der Waals surface area contributed by atoms with Gasteiger partial charge in [-0.15, -0.1) is 0 Å². The second-order valence-corrected chi connectivity index (χ2v) is 4.18. The number of benzene rings is 1. The number of imidazole rings is 1. The van der Waals surface area contributed by atoms with Crippen LogP contribution in [0, 0.1) is 5.82 Å². The Kier molecular flexibility index (Phi) is 2.83. The Labute approximate surface area is 113 Å². The van der Waals surface area contributed by atoms with Gasteiger partial charge in [0.2, 0.25) is 0 Å². The molecule has 3 rings (SSSR count). The summed E-state index contributed by atoms with van der Waals surface area (Å²) in [7, 11) is 0. The second-order valence-electron chi connectivity index (χ2n) is 4.18. The number of aromatic nitrogens is 2. The highest BCUT2D eigenvalue weighted by atomic mass is 19.1. The van der Waals surface area contributed by atoms with E-state index in [0.29, 0.717) is 11.3 Å². The van der Waals surface area contributed by atoms with Crippen molar-refractivity contribution in [2.75, 3.05) is 5.32 Å². The lowest BCUT2D eigenvalue weighted by atomic mass is 10.3. The van der Waals surface area contributed by atoms with Gasteiger partial charge in [0.15, 0.2) is 11.5 Å². The third kappa shape index (κ3) is 2.07. The van der Waals surface area contributed by atoms with Crippen molar-refractivity contribution in [1.82, 2.24) is 9.38 Å². The maximum atomic E-state index is 13.2. The summed E-state index contributed by atoms with van der Waals surface area (Å²) in [4.78, 5) is 15.6. The summed E-state index contributed by atoms with van der Waals surface area (Å²) in [6, 6.07) is 10.9. The van der Waals surface area contributed by atoms with Crippen LogP contribution in [-0.2, 0) is 0 Å². The molecule has 2 aromatic heterocycles. The molecule has 0 saturated carbocycles. The van der Waals surface area contributed by atoms with Crippen LogP contribution in [0.5, 0.6) is 0 Å². The van der Waals surface area contributed by atoms with Crippen LogP contribution in [0.3, 0.4) is 0 Å². The van der Waals surface area contributed by atoms with Gasteiger partial charge in [0.05, 0.1) is 0 Å². The number of carboxylic acids is 1. The number of nitrogens with one attached hydrogen (secondary N) is 1. The summed E-state index contributed by atoms with van der Waals surface area (Å²) in [5.74, 6) is -1.34. The van der Waals surface area contributed by atoms with E-state index in [2.05, 4.69) is 10.3 Å². The number of rotatable bonds is 3. The number of carboxylic acid groups (broad SMARTS) is 1. The van der Waals surface area contributed by atoms with E-state index in [-0.39, 0.29) is 11.5 Å². The van der Waals surface area contributed by atoms with Gasteiger partial charge in [-0.25, -0.2) is 14.2 Å². The van der Waals surface area contributed by atoms with Gasteiger partial charge in [-0.05, 0) is 30.3 Å². The summed E-state index contributed by atoms with van der Waals surface area (Å²) >= 11 is 0. The van der Waals surface area contributed by atoms with Gasteiger partial charge in [-0.1, -0.05) is 12.1 Å². The topological polar surface area (TPSA) is 66.6 Å². The number of halogens is 1. The summed E-state index contributed by atoms with van der Waals surface area (Å²) in [6.45, 7) is 0. The van der Waals surface area contributed by atoms with Gasteiger partial charge < -0.3 is 10.4 Å². The molecule has 3 aromatic rings. The molecule has 0 atom stereocenters. The first-order chi connectivity index (χ1) is 9.65. The van der Waals surface area contributed by atoms with Gasteiger partial charge in [-0.2, -0.15) is 0 Å². The zero-order valence-corrected chi connectivity index (χ0v) is 10.2. The highest BCUT2D eigenvalue weighted by molar-refractivity contribution is 5.93. The summed E-state index contributed by atoms with van der Waals surface area (Å²) in [5.41, 5.74) is 0.949. The highest BCUT2D eigenvalue weighted by Crippen LogP contribution is 2.22. The molecule has 20 heavy (non-hydrogen) atoms. The van der Waals surface area contributed by atoms with Crippen molar-refractivity contribution in [3.05, 3.63) is 60.2 Å². The largest absolute Gasteiger partial charge is 0.476 e. The summed E-state index contributed by atoms with van der Waals surface area (Å²) < 4.78 is 14.6. The fourth-order valence-electron chi connectivity index (χ4n) is 1.99. The Morgan fingerprint density at radius 3 is 2.85 bits per heavy atom. The van der Waals surface area contributed by atoms with Gasteiger partial charge >= 0.3 is 5.97 Å². The molecule has 2 N–H and O–H groups in total. The Morgan fingerprint density at radius 2 is 2.10 bits per heavy atom. The molecule has 2 heterocycles. The van der Waals surface area contributed by atoms with E-state index < -0.39 is 11.8 Å². The second kappa shape index (κ2) is 4.65. The van der Waals surface area contributed by atoms with Crippen LogP contribution in [-0.4, -0.2) is 20.5 Å². The van der Waals surface area contributed by atoms with Crippen LogP contribution >= 0.6 is 0 Å². The van der Waals surface area contributed by atoms with Crippen molar-refractivity contribution in [3.8, 4) is 0 Å². The van der Waals surface area contributed by atoms with Gasteiger partial charge in [0.25, 0.3) is 0 Å². The van der Waals surface area contributed by atoms with Crippen molar-refractivity contribution in [2.45, 2.75) is 0 Å². The number of pyridine rings is 1. The molecule has 0 aliphatic rings. The molecule has 0 fully saturated rings. The van der Waals surface area contributed by atoms with Crippen molar-refractivity contribution >= 4 is 23.1 Å². The van der Waals surface area contributed by atoms with E-state index in [1.54, 1.807) is 30.5 Å². The molecule has 0 radical (unpaired) electrons. The third-order valence-corrected chi connectivity index (χ3v) is 2.82. The molecule has 0 amide bonds. The number of fused-ring (bicyclic) bond motifs is 1. The lowest BCUT2D eigenvalue weighted by Crippen LogP contribution is -2.05. The molecule has 6 heteroatoms. The SMILES string of the molecule is O=C(O)c1c(Nc2cccc(F)c2)nc2ccccn12. The quantitative estimate of drug-likeness (QED) is 0.768. The Bertz CT molecular complexity index is 798. The standard InChI is InChI=1S/C14H10FN3O2/c15-9-4-3-5-10(8-9)16-13-12(14(19)20)18-7-2-1-6-11(18)17-13/h1-8,16H,(H,19,20). The van der Waals surface area contributed by atoms with Gasteiger partial charge in [-0.3, -0.25) is 4.40 Å². The minimum atomic E-state index is -1.11. The van der Waals surface area contributed by atoms with Gasteiger partial charge in [0.1, 0.15) is 11.5 Å². The number of hydrogen-bond donors (Lipinski definition) is 2. The van der Waals surface area contributed by atoms with E-state index in [1.165, 1.54) is 22.6 Å². The van der Waals surface area contributed by atoms with Crippen LogP contribution in [0.25, 0.3) is 5.65 Å². The van der Waals surface area contributed by atoms with Crippen LogP contribution in [0.15, 0.2) is 48.7 Å². The number of carbonyl (C=O) groups is 1. The van der Waals surface area contributed by atoms with E-state index in [4.69, 9.17) is 0 Å². The molecule has 0 bridgehead atoms. The zero-order valence-electron chi connectivity index (χ0n) is 10.2. The first kappa shape index (κ1) is 12.2. The Balaban J connectivity index is 2.11. The minimum absolute atomic E-state index is 0.00450. The lowest BCUT2D eigenvalue weighted by Gasteiger charge is -2.04. The molecule has 5 nitrogen and oxygen atoms in total. The van der Waals surface area contributed by atoms with E-state index in [0.717, 1.165) is 0 Å². The predicted octanol–water partition coefficient (Wildman–Crippen LogP) is 2.92. The smallest absolute Gasteiger partial charge is 0.356 e. The van der Waals surface area contributed by atoms with Crippen molar-refractivity contribution in [1.29, 1.82) is 0 Å².